The highest BCUT2D eigenvalue weighted by Crippen LogP contribution is 2.46. The summed E-state index contributed by atoms with van der Waals surface area (Å²) in [5, 5.41) is 7.99. The smallest absolute Gasteiger partial charge is 0.267 e. The minimum atomic E-state index is -0.186. The van der Waals surface area contributed by atoms with Crippen LogP contribution in [0.4, 0.5) is 0 Å². The summed E-state index contributed by atoms with van der Waals surface area (Å²) >= 11 is 12.2. The van der Waals surface area contributed by atoms with Gasteiger partial charge in [-0.2, -0.15) is 5.10 Å². The molecule has 1 amide bonds. The average Bonchev–Trinajstić information content (AvgIpc) is 3.20. The number of aromatic nitrogens is 1. The van der Waals surface area contributed by atoms with Crippen molar-refractivity contribution in [1.29, 1.82) is 0 Å². The monoisotopic (exact) mass is 475 g/mol. The average molecular weight is 476 g/mol. The van der Waals surface area contributed by atoms with Crippen molar-refractivity contribution >= 4 is 40.9 Å². The molecule has 6 heteroatoms. The lowest BCUT2D eigenvalue weighted by Gasteiger charge is -2.32. The number of hydrogen-bond acceptors (Lipinski definition) is 3. The lowest BCUT2D eigenvalue weighted by atomic mass is 9.73. The van der Waals surface area contributed by atoms with E-state index in [0.717, 1.165) is 29.7 Å². The number of halogens is 2. The van der Waals surface area contributed by atoms with Crippen molar-refractivity contribution in [2.75, 3.05) is 0 Å². The molecule has 0 spiro atoms. The van der Waals surface area contributed by atoms with E-state index in [2.05, 4.69) is 18.0 Å². The van der Waals surface area contributed by atoms with Gasteiger partial charge in [0, 0.05) is 33.9 Å². The third kappa shape index (κ3) is 4.46. The second-order valence-corrected chi connectivity index (χ2v) is 9.61. The highest BCUT2D eigenvalue weighted by Gasteiger charge is 2.45. The summed E-state index contributed by atoms with van der Waals surface area (Å²) in [5.41, 5.74) is 4.84. The molecule has 1 saturated carbocycles. The van der Waals surface area contributed by atoms with E-state index >= 15 is 0 Å². The topological polar surface area (TPSA) is 45.6 Å². The van der Waals surface area contributed by atoms with Gasteiger partial charge in [0.15, 0.2) is 0 Å². The van der Waals surface area contributed by atoms with Gasteiger partial charge in [-0.3, -0.25) is 9.78 Å². The van der Waals surface area contributed by atoms with Crippen molar-refractivity contribution in [1.82, 2.24) is 9.99 Å². The molecule has 0 N–H and O–H groups in total. The van der Waals surface area contributed by atoms with Gasteiger partial charge in [0.05, 0.1) is 11.8 Å². The Morgan fingerprint density at radius 2 is 1.61 bits per heavy atom. The third-order valence-corrected chi connectivity index (χ3v) is 6.83. The molecule has 3 unspecified atom stereocenters. The van der Waals surface area contributed by atoms with Crippen LogP contribution >= 0.6 is 23.2 Å². The molecule has 5 rings (SSSR count). The van der Waals surface area contributed by atoms with Crippen molar-refractivity contribution in [2.24, 2.45) is 16.9 Å². The largest absolute Gasteiger partial charge is 0.274 e. The molecular weight excluding hydrogens is 453 g/mol. The van der Waals surface area contributed by atoms with Crippen molar-refractivity contribution in [3.8, 4) is 0 Å². The summed E-state index contributed by atoms with van der Waals surface area (Å²) in [6.07, 6.45) is 7.33. The molecule has 2 aromatic carbocycles. The maximum Gasteiger partial charge on any atom is 0.274 e. The number of pyridine rings is 1. The molecule has 0 radical (unpaired) electrons. The van der Waals surface area contributed by atoms with Crippen LogP contribution < -0.4 is 0 Å². The van der Waals surface area contributed by atoms with E-state index in [9.17, 15) is 4.79 Å². The Morgan fingerprint density at radius 1 is 0.970 bits per heavy atom. The summed E-state index contributed by atoms with van der Waals surface area (Å²) in [7, 11) is 0. The first-order valence-electron chi connectivity index (χ1n) is 11.0. The fraction of sp³-hybridized carbons (Fsp3) is 0.222. The second kappa shape index (κ2) is 9.12. The van der Waals surface area contributed by atoms with Crippen molar-refractivity contribution in [3.05, 3.63) is 105 Å². The predicted molar refractivity (Wildman–Crippen MR) is 133 cm³/mol. The molecule has 4 nitrogen and oxygen atoms in total. The Morgan fingerprint density at radius 3 is 2.27 bits per heavy atom. The first-order valence-corrected chi connectivity index (χ1v) is 11.8. The predicted octanol–water partition coefficient (Wildman–Crippen LogP) is 7.07. The van der Waals surface area contributed by atoms with Crippen molar-refractivity contribution < 1.29 is 4.79 Å². The number of nitrogens with zero attached hydrogens (tertiary/aromatic N) is 3. The minimum absolute atomic E-state index is 0.110. The summed E-state index contributed by atoms with van der Waals surface area (Å²) in [6, 6.07) is 18.8. The van der Waals surface area contributed by atoms with Crippen LogP contribution in [0.25, 0.3) is 6.08 Å². The number of fused-ring (bicyclic) bond motifs is 1. The Hall–Kier alpha value is -2.95. The van der Waals surface area contributed by atoms with Crippen LogP contribution in [0.3, 0.4) is 0 Å². The molecule has 166 valence electrons. The van der Waals surface area contributed by atoms with E-state index in [0.29, 0.717) is 21.5 Å². The van der Waals surface area contributed by atoms with Crippen LogP contribution in [0, 0.1) is 11.8 Å². The van der Waals surface area contributed by atoms with Crippen LogP contribution in [0.2, 0.25) is 10.0 Å². The van der Waals surface area contributed by atoms with Gasteiger partial charge in [-0.15, -0.1) is 0 Å². The van der Waals surface area contributed by atoms with Gasteiger partial charge in [-0.25, -0.2) is 5.01 Å². The van der Waals surface area contributed by atoms with E-state index in [1.54, 1.807) is 29.5 Å². The lowest BCUT2D eigenvalue weighted by molar-refractivity contribution is 0.0676. The minimum Gasteiger partial charge on any atom is -0.267 e. The van der Waals surface area contributed by atoms with Gasteiger partial charge in [-0.1, -0.05) is 54.4 Å². The van der Waals surface area contributed by atoms with Crippen LogP contribution in [-0.2, 0) is 0 Å². The summed E-state index contributed by atoms with van der Waals surface area (Å²) < 4.78 is 0. The zero-order valence-electron chi connectivity index (χ0n) is 18.2. The first kappa shape index (κ1) is 21.9. The quantitative estimate of drug-likeness (QED) is 0.406. The molecule has 2 heterocycles. The molecule has 1 aliphatic carbocycles. The van der Waals surface area contributed by atoms with E-state index in [-0.39, 0.29) is 17.9 Å². The van der Waals surface area contributed by atoms with Gasteiger partial charge < -0.3 is 0 Å². The fourth-order valence-electron chi connectivity index (χ4n) is 4.84. The van der Waals surface area contributed by atoms with Crippen LogP contribution in [0.15, 0.2) is 83.7 Å². The number of allylic oxidation sites excluding steroid dienone is 1. The summed E-state index contributed by atoms with van der Waals surface area (Å²) in [5.74, 6) is 0.454. The number of hydrogen-bond donors (Lipinski definition) is 0. The maximum atomic E-state index is 13.6. The maximum absolute atomic E-state index is 13.6. The number of rotatable bonds is 3. The Kier molecular flexibility index (Phi) is 6.05. The molecular formula is C27H23Cl2N3O. The molecule has 1 aromatic heterocycles. The number of carbonyl (C=O) groups excluding carboxylic acids is 1. The third-order valence-electron chi connectivity index (χ3n) is 6.32. The van der Waals surface area contributed by atoms with Gasteiger partial charge in [0.1, 0.15) is 0 Å². The first-order chi connectivity index (χ1) is 16.0. The standard InChI is InChI=1S/C27H23Cl2N3O/c1-17-14-21(16-18-2-6-22(28)7-3-18)25-24(15-17)26(19-4-8-23(29)9-5-19)32(31-25)27(33)20-10-12-30-13-11-20/h2-13,16-17,24,26H,14-15H2,1H3/b21-16+. The molecule has 0 saturated heterocycles. The molecule has 33 heavy (non-hydrogen) atoms. The van der Waals surface area contributed by atoms with Gasteiger partial charge >= 0.3 is 0 Å². The molecule has 2 aliphatic rings. The van der Waals surface area contributed by atoms with Crippen molar-refractivity contribution in [3.63, 3.8) is 0 Å². The number of amides is 1. The van der Waals surface area contributed by atoms with E-state index in [4.69, 9.17) is 28.3 Å². The lowest BCUT2D eigenvalue weighted by Crippen LogP contribution is -2.33. The molecule has 3 aromatic rings. The van der Waals surface area contributed by atoms with Crippen LogP contribution in [0.1, 0.15) is 47.3 Å². The van der Waals surface area contributed by atoms with Gasteiger partial charge in [-0.05, 0) is 77.9 Å². The Balaban J connectivity index is 1.60. The molecule has 1 aliphatic heterocycles. The van der Waals surface area contributed by atoms with Gasteiger partial charge in [0.25, 0.3) is 5.91 Å². The van der Waals surface area contributed by atoms with E-state index < -0.39 is 0 Å². The summed E-state index contributed by atoms with van der Waals surface area (Å²) in [4.78, 5) is 17.6. The second-order valence-electron chi connectivity index (χ2n) is 8.74. The fourth-order valence-corrected chi connectivity index (χ4v) is 5.09. The Labute approximate surface area is 203 Å². The molecule has 0 bridgehead atoms. The molecule has 3 atom stereocenters. The number of hydrazone groups is 1. The number of carbonyl (C=O) groups is 1. The zero-order valence-corrected chi connectivity index (χ0v) is 19.7. The van der Waals surface area contributed by atoms with Crippen molar-refractivity contribution in [2.45, 2.75) is 25.8 Å². The Bertz CT molecular complexity index is 1220. The normalized spacial score (nSPS) is 23.4. The highest BCUT2D eigenvalue weighted by molar-refractivity contribution is 6.30. The zero-order chi connectivity index (χ0) is 22.9. The van der Waals surface area contributed by atoms with E-state index in [1.165, 1.54) is 5.57 Å². The van der Waals surface area contributed by atoms with Crippen LogP contribution in [-0.4, -0.2) is 21.6 Å². The summed E-state index contributed by atoms with van der Waals surface area (Å²) in [6.45, 7) is 2.26. The highest BCUT2D eigenvalue weighted by atomic mass is 35.5. The number of benzene rings is 2. The molecule has 1 fully saturated rings. The van der Waals surface area contributed by atoms with E-state index in [1.807, 2.05) is 48.5 Å². The van der Waals surface area contributed by atoms with Crippen LogP contribution in [0.5, 0.6) is 0 Å². The van der Waals surface area contributed by atoms with Gasteiger partial charge in [0.2, 0.25) is 0 Å². The SMILES string of the molecule is CC1C/C(=C\c2ccc(Cl)cc2)C2=NN(C(=O)c3ccncc3)C(c3ccc(Cl)cc3)C2C1.